The number of piperazine rings is 1. The Morgan fingerprint density at radius 2 is 1.28 bits per heavy atom. The summed E-state index contributed by atoms with van der Waals surface area (Å²) in [5.74, 6) is -2.75. The van der Waals surface area contributed by atoms with Crippen molar-refractivity contribution < 1.29 is 78.1 Å². The van der Waals surface area contributed by atoms with Crippen molar-refractivity contribution in [3.63, 3.8) is 0 Å². The van der Waals surface area contributed by atoms with Gasteiger partial charge in [-0.25, -0.2) is 13.9 Å². The summed E-state index contributed by atoms with van der Waals surface area (Å²) in [5, 5.41) is 87.0. The van der Waals surface area contributed by atoms with E-state index in [0.717, 1.165) is 24.0 Å². The average Bonchev–Trinajstić information content (AvgIpc) is 2.14. The van der Waals surface area contributed by atoms with Crippen LogP contribution in [0.4, 0.5) is 15.8 Å². The Morgan fingerprint density at radius 3 is 1.87 bits per heavy atom. The minimum absolute atomic E-state index is 0.00550. The van der Waals surface area contributed by atoms with Crippen LogP contribution in [0.3, 0.4) is 0 Å². The highest BCUT2D eigenvalue weighted by Gasteiger charge is 2.56. The van der Waals surface area contributed by atoms with Gasteiger partial charge in [0.05, 0.1) is 42.1 Å². The quantitative estimate of drug-likeness (QED) is 0.0396. The summed E-state index contributed by atoms with van der Waals surface area (Å²) >= 11 is 0. The van der Waals surface area contributed by atoms with Crippen molar-refractivity contribution >= 4 is 34.2 Å². The lowest BCUT2D eigenvalue weighted by atomic mass is 9.84. The fourth-order valence-corrected chi connectivity index (χ4v) is 11.9. The van der Waals surface area contributed by atoms with Crippen LogP contribution in [0.2, 0.25) is 0 Å². The lowest BCUT2D eigenvalue weighted by Gasteiger charge is -2.47. The van der Waals surface area contributed by atoms with Gasteiger partial charge < -0.3 is 113 Å². The summed E-state index contributed by atoms with van der Waals surface area (Å²) in [6, 6.07) is 13.0. The van der Waals surface area contributed by atoms with E-state index in [9.17, 15) is 50.1 Å². The molecule has 2 aromatic heterocycles. The van der Waals surface area contributed by atoms with Crippen LogP contribution in [0.15, 0.2) is 77.9 Å². The van der Waals surface area contributed by atoms with Crippen molar-refractivity contribution in [1.82, 2.24) is 24.5 Å². The lowest BCUT2D eigenvalue weighted by Crippen LogP contribution is -2.68. The first kappa shape index (κ1) is 61.6. The highest BCUT2D eigenvalue weighted by Crippen LogP contribution is 2.39. The normalized spacial score (nSPS) is 34.4. The molecule has 3 aromatic carbocycles. The molecule has 6 aliphatic rings. The number of pyridine rings is 1. The van der Waals surface area contributed by atoms with Gasteiger partial charge in [0.2, 0.25) is 5.43 Å². The molecule has 0 bridgehead atoms. The number of ether oxygens (including phenoxy) is 6. The second kappa shape index (κ2) is 25.6. The predicted octanol–water partition coefficient (Wildman–Crippen LogP) is -4.13. The van der Waals surface area contributed by atoms with Gasteiger partial charge >= 0.3 is 5.97 Å². The number of carbonyl (C=O) groups is 2. The third-order valence-corrected chi connectivity index (χ3v) is 17.1. The molecule has 1 amide bonds. The van der Waals surface area contributed by atoms with Gasteiger partial charge in [-0.3, -0.25) is 14.5 Å². The second-order valence-electron chi connectivity index (χ2n) is 23.0. The molecule has 5 aromatic rings. The molecule has 20 N–H and O–H groups in total. The third-order valence-electron chi connectivity index (χ3n) is 17.1. The van der Waals surface area contributed by atoms with Crippen molar-refractivity contribution in [3.05, 3.63) is 106 Å². The number of hydrogen-bond acceptors (Lipinski definition) is 25. The Bertz CT molecular complexity index is 3260. The summed E-state index contributed by atoms with van der Waals surface area (Å²) in [4.78, 5) is 43.3. The summed E-state index contributed by atoms with van der Waals surface area (Å²) in [5.41, 5.74) is 40.2. The maximum atomic E-state index is 15.6. The number of nitrogens with two attached hydrogens (primary N) is 6. The van der Waals surface area contributed by atoms with Crippen molar-refractivity contribution in [1.29, 1.82) is 0 Å². The Kier molecular flexibility index (Phi) is 18.3. The fourth-order valence-electron chi connectivity index (χ4n) is 11.9. The maximum absolute atomic E-state index is 15.6. The SMILES string of the molecule is NC[C@@H]1O[C@H](O[C@H]2[C@@H](O)[C@H](O[C@H]3[C@@H](O)[C@H](N)C[C@H](N)[C@H]3O[C@H]3O[C@H](CN)[C@@H](O)[C@H](O)[C@H]3N)O[C@@H]2C(=O)Nc2ccc(-c3cn(Cc4ccc(CN5CCN(c6cc7c(cc6F)c(=O)c(C(=O)O)cn7C6CC6)CC5)cc4)nn3)cc2)[C@H](N)[C@@H](O)[C@@H]1O. The molecule has 0 radical (unpaired) electrons. The third kappa shape index (κ3) is 12.5. The van der Waals surface area contributed by atoms with Gasteiger partial charge in [-0.1, -0.05) is 41.6 Å². The number of hydrogen-bond donors (Lipinski definition) is 14. The zero-order valence-electron chi connectivity index (χ0n) is 46.6. The molecule has 466 valence electrons. The zero-order chi connectivity index (χ0) is 61.0. The number of rotatable bonds is 18. The molecule has 6 heterocycles. The molecule has 86 heavy (non-hydrogen) atoms. The van der Waals surface area contributed by atoms with E-state index >= 15 is 4.39 Å². The highest BCUT2D eigenvalue weighted by molar-refractivity contribution is 5.95. The van der Waals surface area contributed by atoms with E-state index in [1.807, 2.05) is 29.2 Å². The summed E-state index contributed by atoms with van der Waals surface area (Å²) < 4.78 is 55.3. The Hall–Kier alpha value is -6.08. The highest BCUT2D eigenvalue weighted by atomic mass is 19.1. The van der Waals surface area contributed by atoms with Crippen LogP contribution in [0.5, 0.6) is 0 Å². The average molecular weight is 1200 g/mol. The van der Waals surface area contributed by atoms with E-state index < -0.39 is 139 Å². The van der Waals surface area contributed by atoms with Crippen LogP contribution in [0.25, 0.3) is 22.2 Å². The molecule has 30 heteroatoms. The van der Waals surface area contributed by atoms with Crippen LogP contribution in [0, 0.1) is 5.82 Å². The molecule has 2 aliphatic carbocycles. The number of aliphatic hydroxyl groups excluding tert-OH is 6. The van der Waals surface area contributed by atoms with E-state index in [4.69, 9.17) is 62.8 Å². The van der Waals surface area contributed by atoms with E-state index in [-0.39, 0.29) is 42.2 Å². The first-order chi connectivity index (χ1) is 41.2. The predicted molar refractivity (Wildman–Crippen MR) is 302 cm³/mol. The topological polar surface area (TPSA) is 458 Å². The van der Waals surface area contributed by atoms with Gasteiger partial charge in [-0.15, -0.1) is 5.10 Å². The number of nitrogens with one attached hydrogen (secondary N) is 1. The molecule has 19 atom stereocenters. The van der Waals surface area contributed by atoms with Crippen molar-refractivity contribution in [2.45, 2.75) is 155 Å². The molecule has 11 rings (SSSR count). The first-order valence-corrected chi connectivity index (χ1v) is 28.6. The number of carboxylic acids is 1. The van der Waals surface area contributed by atoms with Crippen molar-refractivity contribution in [3.8, 4) is 11.3 Å². The Balaban J connectivity index is 0.719. The van der Waals surface area contributed by atoms with Gasteiger partial charge in [0.25, 0.3) is 5.91 Å². The van der Waals surface area contributed by atoms with Gasteiger partial charge in [-0.2, -0.15) is 0 Å². The van der Waals surface area contributed by atoms with E-state index in [1.165, 1.54) is 12.3 Å². The number of carbonyl (C=O) groups excluding carboxylic acids is 1. The number of fused-ring (bicyclic) bond motifs is 1. The number of aromatic carboxylic acids is 1. The lowest BCUT2D eigenvalue weighted by molar-refractivity contribution is -0.306. The number of nitrogens with zero attached hydrogens (tertiary/aromatic N) is 6. The van der Waals surface area contributed by atoms with Crippen LogP contribution < -0.4 is 50.0 Å². The number of carboxylic acid groups (broad SMARTS) is 1. The smallest absolute Gasteiger partial charge is 0.341 e. The van der Waals surface area contributed by atoms with Gasteiger partial charge in [0.15, 0.2) is 25.0 Å². The minimum Gasteiger partial charge on any atom is -0.477 e. The summed E-state index contributed by atoms with van der Waals surface area (Å²) in [7, 11) is 0. The van der Waals surface area contributed by atoms with E-state index in [0.29, 0.717) is 61.7 Å². The van der Waals surface area contributed by atoms with Crippen molar-refractivity contribution in [2.75, 3.05) is 49.5 Å². The minimum atomic E-state index is -1.86. The number of amides is 1. The Morgan fingerprint density at radius 1 is 0.686 bits per heavy atom. The number of halogens is 1. The molecule has 4 aliphatic heterocycles. The number of benzene rings is 3. The maximum Gasteiger partial charge on any atom is 0.341 e. The Labute approximate surface area is 491 Å². The van der Waals surface area contributed by atoms with Crippen molar-refractivity contribution in [2.24, 2.45) is 34.4 Å². The standard InChI is InChI=1S/C56H74FN13O16/c57-31-15-29-35(70(28-9-10-28)22-30(41(29)71)53(79)80)17-36(31)68-13-11-67(12-14-68)20-24-1-3-25(4-2-24)21-69-23-34(65-66-69)26-5-7-27(8-6-26)64-52(78)51-50(84-55-40(63)46(76)44(74)38(19-59)82-55)47(77)56(86-51)85-49-42(72)32(60)16-33(61)48(49)83-54-39(62)45(75)43(73)37(18-58)81-54/h1-8,15,17,22-23,28,32-33,37-40,42-51,54-56,72-77H,9-14,16,18-21,58-63H2,(H,64,78)(H,79,80)/t32-,33+,37-,38+,39-,40-,42+,43-,44-,45-,46-,47-,48-,49+,50+,51+,54-,55-,56-/m1/s1. The molecule has 2 saturated carbocycles. The molecule has 6 fully saturated rings. The number of anilines is 2. The number of aromatic nitrogens is 4. The summed E-state index contributed by atoms with van der Waals surface area (Å²) in [6.45, 7) is 3.04. The van der Waals surface area contributed by atoms with Crippen LogP contribution in [-0.4, -0.2) is 228 Å². The van der Waals surface area contributed by atoms with E-state index in [2.05, 4.69) is 20.5 Å². The molecular formula is C56H74FN13O16. The zero-order valence-corrected chi connectivity index (χ0v) is 46.6. The first-order valence-electron chi connectivity index (χ1n) is 28.6. The van der Waals surface area contributed by atoms with Gasteiger partial charge in [0.1, 0.15) is 78.1 Å². The van der Waals surface area contributed by atoms with Gasteiger partial charge in [0, 0.05) is 86.8 Å². The molecule has 0 unspecified atom stereocenters. The molecule has 29 nitrogen and oxygen atoms in total. The molecule has 0 spiro atoms. The van der Waals surface area contributed by atoms with Gasteiger partial charge in [-0.05, 0) is 54.7 Å². The summed E-state index contributed by atoms with van der Waals surface area (Å²) in [6.07, 6.45) is -17.7. The van der Waals surface area contributed by atoms with Crippen LogP contribution in [0.1, 0.15) is 46.8 Å². The molecular weight excluding hydrogens is 1130 g/mol. The molecule has 4 saturated heterocycles. The van der Waals surface area contributed by atoms with Crippen LogP contribution >= 0.6 is 0 Å². The fraction of sp³-hybridized carbons (Fsp3) is 0.554. The van der Waals surface area contributed by atoms with Crippen LogP contribution in [-0.2, 0) is 46.3 Å². The monoisotopic (exact) mass is 1200 g/mol. The van der Waals surface area contributed by atoms with E-state index in [1.54, 1.807) is 45.8 Å². The number of aliphatic hydroxyl groups is 6. The second-order valence-corrected chi connectivity index (χ2v) is 23.0. The largest absolute Gasteiger partial charge is 0.477 e.